The Hall–Kier alpha value is -2.86. The predicted octanol–water partition coefficient (Wildman–Crippen LogP) is 2.13. The minimum Gasteiger partial charge on any atom is -0.352 e. The summed E-state index contributed by atoms with van der Waals surface area (Å²) in [7, 11) is 1.57. The Morgan fingerprint density at radius 3 is 2.52 bits per heavy atom. The average Bonchev–Trinajstić information content (AvgIpc) is 2.58. The molecule has 3 N–H and O–H groups in total. The second-order valence-corrected chi connectivity index (χ2v) is 6.19. The van der Waals surface area contributed by atoms with Crippen LogP contribution < -0.4 is 16.0 Å². The maximum Gasteiger partial charge on any atom is 0.312 e. The van der Waals surface area contributed by atoms with Crippen molar-refractivity contribution in [3.63, 3.8) is 0 Å². The summed E-state index contributed by atoms with van der Waals surface area (Å²) in [5.74, 6) is -0.589. The number of carbonyl (C=O) groups excluding carboxylic acids is 3. The number of halogens is 1. The number of primary amides is 1. The maximum atomic E-state index is 12.9. The van der Waals surface area contributed by atoms with Crippen LogP contribution >= 0.6 is 11.6 Å². The van der Waals surface area contributed by atoms with Crippen LogP contribution in [-0.2, 0) is 11.2 Å². The fraction of sp³-hybridized carbons (Fsp3) is 0.167. The molecule has 3 rings (SSSR count). The Labute approximate surface area is 149 Å². The van der Waals surface area contributed by atoms with E-state index in [1.165, 1.54) is 4.90 Å². The molecular weight excluding hydrogens is 342 g/mol. The molecule has 0 bridgehead atoms. The van der Waals surface area contributed by atoms with Crippen LogP contribution in [0.4, 0.5) is 10.5 Å². The molecule has 2 aromatic rings. The number of nitrogens with two attached hydrogens (primary N) is 1. The van der Waals surface area contributed by atoms with E-state index >= 15 is 0 Å². The summed E-state index contributed by atoms with van der Waals surface area (Å²) in [6.07, 6.45) is 0.269. The van der Waals surface area contributed by atoms with Gasteiger partial charge in [-0.15, -0.1) is 0 Å². The number of nitrogens with one attached hydrogen (secondary N) is 1. The summed E-state index contributed by atoms with van der Waals surface area (Å²) in [6, 6.07) is 10.5. The molecule has 0 radical (unpaired) electrons. The van der Waals surface area contributed by atoms with Gasteiger partial charge in [0.05, 0.1) is 10.7 Å². The Morgan fingerprint density at radius 1 is 1.16 bits per heavy atom. The quantitative estimate of drug-likeness (QED) is 0.824. The van der Waals surface area contributed by atoms with E-state index < -0.39 is 12.1 Å². The van der Waals surface area contributed by atoms with Crippen molar-refractivity contribution in [1.29, 1.82) is 0 Å². The molecule has 6 nitrogen and oxygen atoms in total. The van der Waals surface area contributed by atoms with E-state index in [2.05, 4.69) is 5.32 Å². The van der Waals surface area contributed by atoms with E-state index in [0.29, 0.717) is 21.8 Å². The zero-order chi connectivity index (χ0) is 18.1. The highest BCUT2D eigenvalue weighted by Crippen LogP contribution is 2.33. The summed E-state index contributed by atoms with van der Waals surface area (Å²) < 4.78 is 0. The van der Waals surface area contributed by atoms with Gasteiger partial charge in [0, 0.05) is 24.6 Å². The second-order valence-electron chi connectivity index (χ2n) is 5.78. The molecule has 0 aliphatic carbocycles. The number of carbonyl (C=O) groups is 3. The van der Waals surface area contributed by atoms with Crippen molar-refractivity contribution < 1.29 is 14.4 Å². The van der Waals surface area contributed by atoms with Crippen LogP contribution in [0.2, 0.25) is 5.02 Å². The van der Waals surface area contributed by atoms with Gasteiger partial charge >= 0.3 is 6.03 Å². The molecule has 0 unspecified atom stereocenters. The zero-order valence-corrected chi connectivity index (χ0v) is 14.2. The molecule has 0 saturated heterocycles. The number of hydrogen-bond donors (Lipinski definition) is 2. The van der Waals surface area contributed by atoms with Crippen LogP contribution in [0.25, 0.3) is 0 Å². The van der Waals surface area contributed by atoms with Gasteiger partial charge in [-0.05, 0) is 23.8 Å². The number of urea groups is 1. The lowest BCUT2D eigenvalue weighted by Gasteiger charge is -2.33. The molecule has 0 aromatic heterocycles. The second kappa shape index (κ2) is 6.57. The lowest BCUT2D eigenvalue weighted by molar-refractivity contribution is -0.120. The van der Waals surface area contributed by atoms with Gasteiger partial charge < -0.3 is 16.0 Å². The van der Waals surface area contributed by atoms with E-state index in [1.54, 1.807) is 43.4 Å². The largest absolute Gasteiger partial charge is 0.352 e. The van der Waals surface area contributed by atoms with Crippen molar-refractivity contribution in [3.8, 4) is 0 Å². The van der Waals surface area contributed by atoms with Gasteiger partial charge in [0.15, 0.2) is 5.78 Å². The normalized spacial score (nSPS) is 16.3. The smallest absolute Gasteiger partial charge is 0.312 e. The highest BCUT2D eigenvalue weighted by molar-refractivity contribution is 6.35. The fourth-order valence-corrected chi connectivity index (χ4v) is 3.28. The van der Waals surface area contributed by atoms with Gasteiger partial charge in [0.25, 0.3) is 0 Å². The third-order valence-electron chi connectivity index (χ3n) is 4.19. The highest BCUT2D eigenvalue weighted by atomic mass is 35.5. The summed E-state index contributed by atoms with van der Waals surface area (Å²) in [5, 5.41) is 2.78. The number of fused-ring (bicyclic) bond motifs is 1. The van der Waals surface area contributed by atoms with Gasteiger partial charge in [-0.2, -0.15) is 0 Å². The lowest BCUT2D eigenvalue weighted by atomic mass is 9.91. The van der Waals surface area contributed by atoms with Gasteiger partial charge in [-0.3, -0.25) is 9.59 Å². The topological polar surface area (TPSA) is 92.5 Å². The van der Waals surface area contributed by atoms with Gasteiger partial charge in [0.2, 0.25) is 5.91 Å². The van der Waals surface area contributed by atoms with Crippen molar-refractivity contribution in [3.05, 3.63) is 64.2 Å². The summed E-state index contributed by atoms with van der Waals surface area (Å²) in [6.45, 7) is 0. The highest BCUT2D eigenvalue weighted by Gasteiger charge is 2.34. The third-order valence-corrected chi connectivity index (χ3v) is 4.52. The number of likely N-dealkylation sites (N-methyl/N-ethyl adjacent to an activating group) is 1. The first-order valence-electron chi connectivity index (χ1n) is 7.64. The van der Waals surface area contributed by atoms with Crippen LogP contribution in [-0.4, -0.2) is 30.8 Å². The first-order chi connectivity index (χ1) is 11.9. The molecule has 128 valence electrons. The molecule has 25 heavy (non-hydrogen) atoms. The van der Waals surface area contributed by atoms with Crippen molar-refractivity contribution in [2.24, 2.45) is 5.73 Å². The molecule has 1 heterocycles. The Bertz CT molecular complexity index is 882. The van der Waals surface area contributed by atoms with E-state index in [0.717, 1.165) is 5.56 Å². The van der Waals surface area contributed by atoms with Crippen molar-refractivity contribution in [2.45, 2.75) is 12.5 Å². The number of anilines is 1. The van der Waals surface area contributed by atoms with E-state index in [-0.39, 0.29) is 18.1 Å². The first kappa shape index (κ1) is 17.0. The number of nitrogens with zero attached hydrogens (tertiary/aromatic N) is 1. The van der Waals surface area contributed by atoms with Crippen LogP contribution in [0.15, 0.2) is 42.5 Å². The van der Waals surface area contributed by atoms with Gasteiger partial charge in [0.1, 0.15) is 6.04 Å². The number of rotatable bonds is 3. The fourth-order valence-electron chi connectivity index (χ4n) is 3.06. The molecule has 1 aliphatic rings. The van der Waals surface area contributed by atoms with Crippen LogP contribution in [0.5, 0.6) is 0 Å². The monoisotopic (exact) mass is 357 g/mol. The molecule has 0 fully saturated rings. The summed E-state index contributed by atoms with van der Waals surface area (Å²) in [4.78, 5) is 37.9. The molecule has 1 atom stereocenters. The molecular formula is C18H16ClN3O3. The zero-order valence-electron chi connectivity index (χ0n) is 13.5. The first-order valence-corrected chi connectivity index (χ1v) is 8.02. The predicted molar refractivity (Wildman–Crippen MR) is 94.9 cm³/mol. The summed E-state index contributed by atoms with van der Waals surface area (Å²) in [5.41, 5.74) is 7.20. The minimum atomic E-state index is -0.765. The van der Waals surface area contributed by atoms with Gasteiger partial charge in [-0.25, -0.2) is 4.79 Å². The van der Waals surface area contributed by atoms with Crippen molar-refractivity contribution in [2.75, 3.05) is 11.9 Å². The number of ketones is 1. The van der Waals surface area contributed by atoms with E-state index in [1.807, 2.05) is 6.07 Å². The Balaban J connectivity index is 2.06. The molecule has 0 spiro atoms. The molecule has 1 aliphatic heterocycles. The number of hydrogen-bond acceptors (Lipinski definition) is 3. The van der Waals surface area contributed by atoms with Crippen molar-refractivity contribution in [1.82, 2.24) is 5.32 Å². The minimum absolute atomic E-state index is 0.261. The molecule has 3 amide bonds. The van der Waals surface area contributed by atoms with Crippen LogP contribution in [0, 0.1) is 0 Å². The maximum absolute atomic E-state index is 12.9. The number of amides is 3. The number of benzene rings is 2. The number of para-hydroxylation sites is 1. The molecule has 7 heteroatoms. The van der Waals surface area contributed by atoms with E-state index in [9.17, 15) is 14.4 Å². The Kier molecular flexibility index (Phi) is 4.46. The SMILES string of the molecule is CN1C(=O)[C@H](NC(N)=O)Cc2cccc(C(=O)c3ccccc3Cl)c21. The third kappa shape index (κ3) is 3.08. The molecule has 2 aromatic carbocycles. The van der Waals surface area contributed by atoms with Gasteiger partial charge in [-0.1, -0.05) is 35.9 Å². The van der Waals surface area contributed by atoms with E-state index in [4.69, 9.17) is 17.3 Å². The van der Waals surface area contributed by atoms with Crippen molar-refractivity contribution >= 4 is 35.0 Å². The lowest BCUT2D eigenvalue weighted by Crippen LogP contribution is -2.53. The Morgan fingerprint density at radius 2 is 1.84 bits per heavy atom. The average molecular weight is 358 g/mol. The van der Waals surface area contributed by atoms with Crippen LogP contribution in [0.3, 0.4) is 0 Å². The van der Waals surface area contributed by atoms with Crippen LogP contribution in [0.1, 0.15) is 21.5 Å². The molecule has 0 saturated carbocycles. The summed E-state index contributed by atoms with van der Waals surface area (Å²) >= 11 is 6.13. The standard InChI is InChI=1S/C18H16ClN3O3/c1-22-15-10(9-14(17(22)24)21-18(20)25)5-4-7-12(15)16(23)11-6-2-3-8-13(11)19/h2-8,14H,9H2,1H3,(H3,20,21,25)/t14-/m1/s1.